The normalized spacial score (nSPS) is 12.0. The Bertz CT molecular complexity index is 1350. The summed E-state index contributed by atoms with van der Waals surface area (Å²) in [5, 5.41) is 0.486. The Morgan fingerprint density at radius 1 is 1.09 bits per heavy atom. The summed E-state index contributed by atoms with van der Waals surface area (Å²) in [7, 11) is 3.19. The summed E-state index contributed by atoms with van der Waals surface area (Å²) in [6.07, 6.45) is 2.62. The largest absolute Gasteiger partial charge is 0.495 e. The number of amides is 1. The van der Waals surface area contributed by atoms with Crippen LogP contribution in [0, 0.1) is 0 Å². The number of methoxy groups -OCH3 is 2. The molecule has 1 amide bonds. The van der Waals surface area contributed by atoms with Gasteiger partial charge >= 0.3 is 0 Å². The molecule has 4 rings (SSSR count). The molecule has 1 atom stereocenters. The molecule has 2 aromatic heterocycles. The summed E-state index contributed by atoms with van der Waals surface area (Å²) in [4.78, 5) is 34.0. The average Bonchev–Trinajstić information content (AvgIpc) is 3.43. The SMILES string of the molecule is CCC(c1nc2ccccc2c(=O)n1-c1ccccc1OC)N(CCCOC)C(=O)c1ccco1. The lowest BCUT2D eigenvalue weighted by molar-refractivity contribution is 0.0602. The second-order valence-electron chi connectivity index (χ2n) is 8.05. The summed E-state index contributed by atoms with van der Waals surface area (Å²) in [5.74, 6) is 0.948. The molecule has 0 aliphatic heterocycles. The zero-order valence-electron chi connectivity index (χ0n) is 20.1. The zero-order valence-corrected chi connectivity index (χ0v) is 20.1. The minimum Gasteiger partial charge on any atom is -0.495 e. The highest BCUT2D eigenvalue weighted by molar-refractivity contribution is 5.91. The Labute approximate surface area is 203 Å². The third-order valence-electron chi connectivity index (χ3n) is 5.93. The van der Waals surface area contributed by atoms with E-state index in [2.05, 4.69) is 0 Å². The van der Waals surface area contributed by atoms with Crippen molar-refractivity contribution in [1.29, 1.82) is 0 Å². The molecule has 0 N–H and O–H groups in total. The molecule has 8 nitrogen and oxygen atoms in total. The highest BCUT2D eigenvalue weighted by Crippen LogP contribution is 2.30. The fraction of sp³-hybridized carbons (Fsp3) is 0.296. The van der Waals surface area contributed by atoms with Crippen molar-refractivity contribution in [1.82, 2.24) is 14.5 Å². The van der Waals surface area contributed by atoms with E-state index in [1.165, 1.54) is 6.26 Å². The van der Waals surface area contributed by atoms with Crippen LogP contribution < -0.4 is 10.3 Å². The minimum atomic E-state index is -0.508. The van der Waals surface area contributed by atoms with Crippen molar-refractivity contribution in [2.45, 2.75) is 25.8 Å². The lowest BCUT2D eigenvalue weighted by Gasteiger charge is -2.32. The molecule has 1 unspecified atom stereocenters. The molecule has 0 saturated carbocycles. The van der Waals surface area contributed by atoms with Gasteiger partial charge in [-0.15, -0.1) is 0 Å². The van der Waals surface area contributed by atoms with Crippen LogP contribution in [-0.4, -0.2) is 47.7 Å². The topological polar surface area (TPSA) is 86.8 Å². The Kier molecular flexibility index (Phi) is 7.62. The van der Waals surface area contributed by atoms with E-state index in [1.807, 2.05) is 43.3 Å². The molecule has 0 radical (unpaired) electrons. The Morgan fingerprint density at radius 3 is 2.57 bits per heavy atom. The van der Waals surface area contributed by atoms with Gasteiger partial charge in [-0.1, -0.05) is 31.2 Å². The van der Waals surface area contributed by atoms with E-state index in [9.17, 15) is 9.59 Å². The van der Waals surface area contributed by atoms with Crippen molar-refractivity contribution in [3.63, 3.8) is 0 Å². The quantitative estimate of drug-likeness (QED) is 0.311. The second kappa shape index (κ2) is 11.0. The first-order valence-electron chi connectivity index (χ1n) is 11.6. The van der Waals surface area contributed by atoms with Crippen LogP contribution in [-0.2, 0) is 4.74 Å². The van der Waals surface area contributed by atoms with E-state index in [4.69, 9.17) is 18.9 Å². The van der Waals surface area contributed by atoms with Crippen LogP contribution in [0.1, 0.15) is 42.2 Å². The number of ether oxygens (including phenoxy) is 2. The van der Waals surface area contributed by atoms with Crippen molar-refractivity contribution < 1.29 is 18.7 Å². The number of carbonyl (C=O) groups is 1. The number of furan rings is 1. The van der Waals surface area contributed by atoms with E-state index in [0.29, 0.717) is 54.2 Å². The molecule has 0 saturated heterocycles. The van der Waals surface area contributed by atoms with E-state index in [-0.39, 0.29) is 17.2 Å². The van der Waals surface area contributed by atoms with Gasteiger partial charge in [-0.25, -0.2) is 4.98 Å². The first-order chi connectivity index (χ1) is 17.1. The standard InChI is InChI=1S/C27H29N3O5/c1-4-21(29(16-10-17-33-2)27(32)24-15-9-18-35-24)25-28-20-12-6-5-11-19(20)26(31)30(25)22-13-7-8-14-23(22)34-3/h5-9,11-15,18,21H,4,10,16-17H2,1-3H3. The predicted molar refractivity (Wildman–Crippen MR) is 133 cm³/mol. The number of fused-ring (bicyclic) bond motifs is 1. The van der Waals surface area contributed by atoms with Gasteiger partial charge in [0.2, 0.25) is 0 Å². The number of benzene rings is 2. The molecule has 8 heteroatoms. The summed E-state index contributed by atoms with van der Waals surface area (Å²) >= 11 is 0. The lowest BCUT2D eigenvalue weighted by Crippen LogP contribution is -2.39. The van der Waals surface area contributed by atoms with Crippen LogP contribution in [0.2, 0.25) is 0 Å². The summed E-state index contributed by atoms with van der Waals surface area (Å²) in [5.41, 5.74) is 0.907. The third kappa shape index (κ3) is 4.83. The van der Waals surface area contributed by atoms with Gasteiger partial charge in [0.25, 0.3) is 11.5 Å². The van der Waals surface area contributed by atoms with Gasteiger partial charge < -0.3 is 18.8 Å². The number of nitrogens with zero attached hydrogens (tertiary/aromatic N) is 3. The first-order valence-corrected chi connectivity index (χ1v) is 11.6. The number of hydrogen-bond donors (Lipinski definition) is 0. The molecule has 182 valence electrons. The smallest absolute Gasteiger partial charge is 0.290 e. The van der Waals surface area contributed by atoms with Crippen LogP contribution in [0.15, 0.2) is 76.1 Å². The lowest BCUT2D eigenvalue weighted by atomic mass is 10.1. The van der Waals surface area contributed by atoms with Gasteiger partial charge in [0.1, 0.15) is 11.6 Å². The molecule has 0 aliphatic rings. The second-order valence-corrected chi connectivity index (χ2v) is 8.05. The molecule has 0 aliphatic carbocycles. The van der Waals surface area contributed by atoms with Gasteiger partial charge in [-0.05, 0) is 49.2 Å². The Balaban J connectivity index is 1.95. The molecule has 0 fully saturated rings. The van der Waals surface area contributed by atoms with Crippen LogP contribution in [0.5, 0.6) is 5.75 Å². The summed E-state index contributed by atoms with van der Waals surface area (Å²) < 4.78 is 17.8. The van der Waals surface area contributed by atoms with Crippen molar-refractivity contribution in [3.8, 4) is 11.4 Å². The van der Waals surface area contributed by atoms with E-state index >= 15 is 0 Å². The molecular weight excluding hydrogens is 446 g/mol. The van der Waals surface area contributed by atoms with Crippen LogP contribution in [0.25, 0.3) is 16.6 Å². The maximum Gasteiger partial charge on any atom is 0.290 e. The van der Waals surface area contributed by atoms with Crippen molar-refractivity contribution in [2.75, 3.05) is 27.4 Å². The Morgan fingerprint density at radius 2 is 1.86 bits per heavy atom. The monoisotopic (exact) mass is 475 g/mol. The van der Waals surface area contributed by atoms with Crippen molar-refractivity contribution in [2.24, 2.45) is 0 Å². The predicted octanol–water partition coefficient (Wildman–Crippen LogP) is 4.62. The van der Waals surface area contributed by atoms with Crippen LogP contribution >= 0.6 is 0 Å². The van der Waals surface area contributed by atoms with E-state index in [1.54, 1.807) is 48.0 Å². The van der Waals surface area contributed by atoms with Crippen LogP contribution in [0.4, 0.5) is 0 Å². The maximum absolute atomic E-state index is 13.8. The molecule has 2 heterocycles. The Hall–Kier alpha value is -3.91. The van der Waals surface area contributed by atoms with Crippen LogP contribution in [0.3, 0.4) is 0 Å². The van der Waals surface area contributed by atoms with E-state index < -0.39 is 6.04 Å². The van der Waals surface area contributed by atoms with Gasteiger partial charge in [-0.3, -0.25) is 14.2 Å². The fourth-order valence-electron chi connectivity index (χ4n) is 4.28. The van der Waals surface area contributed by atoms with Crippen molar-refractivity contribution in [3.05, 3.63) is 88.9 Å². The summed E-state index contributed by atoms with van der Waals surface area (Å²) in [6, 6.07) is 17.3. The van der Waals surface area contributed by atoms with Gasteiger partial charge in [0.05, 0.1) is 36.0 Å². The number of aromatic nitrogens is 2. The number of para-hydroxylation sites is 3. The first kappa shape index (κ1) is 24.2. The highest BCUT2D eigenvalue weighted by Gasteiger charge is 2.31. The number of carbonyl (C=O) groups excluding carboxylic acids is 1. The molecule has 35 heavy (non-hydrogen) atoms. The molecule has 2 aromatic carbocycles. The molecule has 0 spiro atoms. The van der Waals surface area contributed by atoms with Gasteiger partial charge in [0.15, 0.2) is 5.76 Å². The fourth-order valence-corrected chi connectivity index (χ4v) is 4.28. The number of rotatable bonds is 10. The summed E-state index contributed by atoms with van der Waals surface area (Å²) in [6.45, 7) is 2.86. The van der Waals surface area contributed by atoms with Gasteiger partial charge in [0, 0.05) is 20.3 Å². The average molecular weight is 476 g/mol. The number of hydrogen-bond acceptors (Lipinski definition) is 6. The van der Waals surface area contributed by atoms with E-state index in [0.717, 1.165) is 0 Å². The van der Waals surface area contributed by atoms with Crippen molar-refractivity contribution >= 4 is 16.8 Å². The highest BCUT2D eigenvalue weighted by atomic mass is 16.5. The maximum atomic E-state index is 13.8. The molecular formula is C27H29N3O5. The molecule has 4 aromatic rings. The molecule has 0 bridgehead atoms. The zero-order chi connectivity index (χ0) is 24.8. The van der Waals surface area contributed by atoms with Gasteiger partial charge in [-0.2, -0.15) is 0 Å². The third-order valence-corrected chi connectivity index (χ3v) is 5.93. The minimum absolute atomic E-state index is 0.226.